The Morgan fingerprint density at radius 3 is 1.95 bits per heavy atom. The number of nitrogens with zero attached hydrogens (tertiary/aromatic N) is 1. The van der Waals surface area contributed by atoms with Gasteiger partial charge in [-0.2, -0.15) is 0 Å². The second-order valence-electron chi connectivity index (χ2n) is 5.35. The summed E-state index contributed by atoms with van der Waals surface area (Å²) in [7, 11) is 0. The first-order chi connectivity index (χ1) is 9.35. The second-order valence-corrected chi connectivity index (χ2v) is 5.35. The zero-order valence-corrected chi connectivity index (χ0v) is 12.8. The molecule has 0 heterocycles. The molecule has 0 atom stereocenters. The molecule has 114 valence electrons. The predicted molar refractivity (Wildman–Crippen MR) is 81.4 cm³/mol. The van der Waals surface area contributed by atoms with Gasteiger partial charge < -0.3 is 14.8 Å². The van der Waals surface area contributed by atoms with Crippen molar-refractivity contribution in [3.8, 4) is 0 Å². The van der Waals surface area contributed by atoms with E-state index in [-0.39, 0.29) is 0 Å². The third-order valence-electron chi connectivity index (χ3n) is 3.51. The molecule has 0 spiro atoms. The molecule has 1 N–H and O–H groups in total. The largest absolute Gasteiger partial charge is 0.396 e. The van der Waals surface area contributed by atoms with Gasteiger partial charge in [0.2, 0.25) is 0 Å². The smallest absolute Gasteiger partial charge is 0.119 e. The van der Waals surface area contributed by atoms with Gasteiger partial charge in [-0.25, -0.2) is 0 Å². The van der Waals surface area contributed by atoms with Gasteiger partial charge in [-0.3, -0.25) is 0 Å². The van der Waals surface area contributed by atoms with Crippen molar-refractivity contribution < 1.29 is 9.90 Å². The summed E-state index contributed by atoms with van der Waals surface area (Å²) < 4.78 is 0. The van der Waals surface area contributed by atoms with Gasteiger partial charge in [0, 0.05) is 13.0 Å². The Kier molecular flexibility index (Phi) is 15.3. The molecule has 0 aliphatic rings. The summed E-state index contributed by atoms with van der Waals surface area (Å²) in [5.41, 5.74) is 0. The molecule has 0 radical (unpaired) electrons. The number of carbonyl (C=O) groups excluding carboxylic acids is 1. The molecule has 0 aliphatic heterocycles. The van der Waals surface area contributed by atoms with Gasteiger partial charge in [-0.05, 0) is 51.7 Å². The lowest BCUT2D eigenvalue weighted by Crippen LogP contribution is -2.27. The lowest BCUT2D eigenvalue weighted by Gasteiger charge is -2.22. The Bertz CT molecular complexity index is 186. The first-order valence-corrected chi connectivity index (χ1v) is 8.12. The Morgan fingerprint density at radius 2 is 1.42 bits per heavy atom. The highest BCUT2D eigenvalue weighted by molar-refractivity contribution is 5.48. The zero-order valence-electron chi connectivity index (χ0n) is 12.8. The molecule has 3 heteroatoms. The highest BCUT2D eigenvalue weighted by Gasteiger charge is 2.04. The number of hydrogen-bond donors (Lipinski definition) is 1. The van der Waals surface area contributed by atoms with Crippen LogP contribution in [0.4, 0.5) is 0 Å². The lowest BCUT2D eigenvalue weighted by atomic mass is 10.1. The van der Waals surface area contributed by atoms with Gasteiger partial charge in [-0.1, -0.05) is 32.6 Å². The van der Waals surface area contributed by atoms with Crippen molar-refractivity contribution in [3.05, 3.63) is 0 Å². The molecule has 3 nitrogen and oxygen atoms in total. The SMILES string of the molecule is CCCCCCN(CCCCO)CCCCCC=O. The number of aliphatic hydroxyl groups excluding tert-OH is 1. The molecule has 0 unspecified atom stereocenters. The van der Waals surface area contributed by atoms with Crippen LogP contribution in [0.5, 0.6) is 0 Å². The number of aliphatic hydroxyl groups is 1. The van der Waals surface area contributed by atoms with E-state index in [0.717, 1.165) is 45.1 Å². The van der Waals surface area contributed by atoms with Crippen LogP contribution in [0.2, 0.25) is 0 Å². The Morgan fingerprint density at radius 1 is 0.842 bits per heavy atom. The molecule has 0 bridgehead atoms. The summed E-state index contributed by atoms with van der Waals surface area (Å²) in [5, 5.41) is 8.85. The molecule has 19 heavy (non-hydrogen) atoms. The summed E-state index contributed by atoms with van der Waals surface area (Å²) in [6, 6.07) is 0. The normalized spacial score (nSPS) is 11.1. The third-order valence-corrected chi connectivity index (χ3v) is 3.51. The van der Waals surface area contributed by atoms with E-state index in [1.807, 2.05) is 0 Å². The topological polar surface area (TPSA) is 40.5 Å². The predicted octanol–water partition coefficient (Wildman–Crippen LogP) is 3.40. The van der Waals surface area contributed by atoms with E-state index in [0.29, 0.717) is 13.0 Å². The van der Waals surface area contributed by atoms with Crippen LogP contribution in [-0.4, -0.2) is 42.5 Å². The molecule has 0 aromatic carbocycles. The van der Waals surface area contributed by atoms with Crippen LogP contribution in [0.3, 0.4) is 0 Å². The van der Waals surface area contributed by atoms with E-state index < -0.39 is 0 Å². The van der Waals surface area contributed by atoms with E-state index in [9.17, 15) is 4.79 Å². The number of carbonyl (C=O) groups is 1. The molecular formula is C16H33NO2. The molecule has 0 fully saturated rings. The molecule has 0 amide bonds. The average Bonchev–Trinajstić information content (AvgIpc) is 2.42. The van der Waals surface area contributed by atoms with Crippen molar-refractivity contribution >= 4 is 6.29 Å². The molecule has 0 saturated heterocycles. The molecule has 0 aromatic rings. The highest BCUT2D eigenvalue weighted by atomic mass is 16.2. The van der Waals surface area contributed by atoms with E-state index in [1.54, 1.807) is 0 Å². The summed E-state index contributed by atoms with van der Waals surface area (Å²) >= 11 is 0. The van der Waals surface area contributed by atoms with Gasteiger partial charge >= 0.3 is 0 Å². The monoisotopic (exact) mass is 271 g/mol. The summed E-state index contributed by atoms with van der Waals surface area (Å²) in [6.07, 6.45) is 12.4. The van der Waals surface area contributed by atoms with Crippen molar-refractivity contribution in [3.63, 3.8) is 0 Å². The fraction of sp³-hybridized carbons (Fsp3) is 0.938. The first-order valence-electron chi connectivity index (χ1n) is 8.12. The number of aldehydes is 1. The molecule has 0 rings (SSSR count). The summed E-state index contributed by atoms with van der Waals surface area (Å²) in [6.45, 7) is 6.00. The van der Waals surface area contributed by atoms with Gasteiger partial charge in [0.05, 0.1) is 0 Å². The lowest BCUT2D eigenvalue weighted by molar-refractivity contribution is -0.107. The summed E-state index contributed by atoms with van der Waals surface area (Å²) in [4.78, 5) is 12.8. The van der Waals surface area contributed by atoms with Crippen molar-refractivity contribution in [2.45, 2.75) is 71.1 Å². The standard InChI is InChI=1S/C16H33NO2/c1-2-3-4-7-12-17(14-9-11-16-19)13-8-5-6-10-15-18/h15,19H,2-14,16H2,1H3. The van der Waals surface area contributed by atoms with Gasteiger partial charge in [-0.15, -0.1) is 0 Å². The van der Waals surface area contributed by atoms with E-state index in [1.165, 1.54) is 38.6 Å². The maximum absolute atomic E-state index is 10.2. The maximum Gasteiger partial charge on any atom is 0.119 e. The average molecular weight is 271 g/mol. The molecular weight excluding hydrogens is 238 g/mol. The molecule has 0 aromatic heterocycles. The Balaban J connectivity index is 3.66. The van der Waals surface area contributed by atoms with Crippen LogP contribution in [0.1, 0.15) is 71.1 Å². The van der Waals surface area contributed by atoms with Crippen LogP contribution in [0.15, 0.2) is 0 Å². The highest BCUT2D eigenvalue weighted by Crippen LogP contribution is 2.06. The maximum atomic E-state index is 10.2. The number of hydrogen-bond acceptors (Lipinski definition) is 3. The zero-order chi connectivity index (χ0) is 14.2. The van der Waals surface area contributed by atoms with Crippen LogP contribution in [-0.2, 0) is 4.79 Å². The Labute approximate surface area is 119 Å². The summed E-state index contributed by atoms with van der Waals surface area (Å²) in [5.74, 6) is 0. The van der Waals surface area contributed by atoms with E-state index in [4.69, 9.17) is 5.11 Å². The van der Waals surface area contributed by atoms with Crippen molar-refractivity contribution in [1.29, 1.82) is 0 Å². The minimum Gasteiger partial charge on any atom is -0.396 e. The minimum absolute atomic E-state index is 0.309. The van der Waals surface area contributed by atoms with Crippen molar-refractivity contribution in [1.82, 2.24) is 4.90 Å². The third kappa shape index (κ3) is 13.8. The van der Waals surface area contributed by atoms with Gasteiger partial charge in [0.15, 0.2) is 0 Å². The van der Waals surface area contributed by atoms with E-state index in [2.05, 4.69) is 11.8 Å². The van der Waals surface area contributed by atoms with Crippen molar-refractivity contribution in [2.24, 2.45) is 0 Å². The van der Waals surface area contributed by atoms with Gasteiger partial charge in [0.1, 0.15) is 6.29 Å². The molecule has 0 saturated carbocycles. The Hall–Kier alpha value is -0.410. The van der Waals surface area contributed by atoms with Crippen molar-refractivity contribution in [2.75, 3.05) is 26.2 Å². The van der Waals surface area contributed by atoms with Crippen LogP contribution >= 0.6 is 0 Å². The first kappa shape index (κ1) is 18.6. The van der Waals surface area contributed by atoms with Crippen LogP contribution in [0.25, 0.3) is 0 Å². The van der Waals surface area contributed by atoms with Gasteiger partial charge in [0.25, 0.3) is 0 Å². The van der Waals surface area contributed by atoms with Crippen LogP contribution < -0.4 is 0 Å². The fourth-order valence-corrected chi connectivity index (χ4v) is 2.28. The molecule has 0 aliphatic carbocycles. The minimum atomic E-state index is 0.309. The number of rotatable bonds is 15. The number of unbranched alkanes of at least 4 members (excludes halogenated alkanes) is 7. The quantitative estimate of drug-likeness (QED) is 0.366. The fourth-order valence-electron chi connectivity index (χ4n) is 2.28. The van der Waals surface area contributed by atoms with Crippen LogP contribution in [0, 0.1) is 0 Å². The second kappa shape index (κ2) is 15.6. The van der Waals surface area contributed by atoms with E-state index >= 15 is 0 Å².